The third kappa shape index (κ3) is 7.36. The van der Waals surface area contributed by atoms with Gasteiger partial charge in [0.2, 0.25) is 5.91 Å². The fraction of sp³-hybridized carbons (Fsp3) is 0.214. The van der Waals surface area contributed by atoms with Crippen LogP contribution in [0.15, 0.2) is 30.3 Å². The van der Waals surface area contributed by atoms with Gasteiger partial charge in [-0.15, -0.1) is 0 Å². The zero-order chi connectivity index (χ0) is 15.7. The number of carboxylic acid groups (broad SMARTS) is 1. The first kappa shape index (κ1) is 16.2. The van der Waals surface area contributed by atoms with Gasteiger partial charge in [-0.25, -0.2) is 9.59 Å². The topological polar surface area (TPSA) is 122 Å². The normalized spacial score (nSPS) is 10.3. The number of benzene rings is 1. The predicted molar refractivity (Wildman–Crippen MR) is 78.6 cm³/mol. The molecule has 0 radical (unpaired) electrons. The number of carboxylic acids is 1. The molecule has 0 saturated heterocycles. The highest BCUT2D eigenvalue weighted by molar-refractivity contribution is 5.89. The Kier molecular flexibility index (Phi) is 6.46. The molecule has 0 fully saturated rings. The van der Waals surface area contributed by atoms with E-state index in [1.165, 1.54) is 6.08 Å². The number of carbonyl (C=O) groups is 3. The molecule has 21 heavy (non-hydrogen) atoms. The number of nitrogens with two attached hydrogens (primary N) is 1. The minimum absolute atomic E-state index is 0.227. The largest absolute Gasteiger partial charge is 0.478 e. The molecule has 1 rings (SSSR count). The summed E-state index contributed by atoms with van der Waals surface area (Å²) in [4.78, 5) is 32.4. The molecule has 7 heteroatoms. The first-order chi connectivity index (χ1) is 9.97. The van der Waals surface area contributed by atoms with Crippen molar-refractivity contribution >= 4 is 29.7 Å². The first-order valence-electron chi connectivity index (χ1n) is 6.31. The molecule has 7 nitrogen and oxygen atoms in total. The molecule has 0 saturated carbocycles. The lowest BCUT2D eigenvalue weighted by Crippen LogP contribution is -2.30. The molecule has 0 aromatic heterocycles. The first-order valence-corrected chi connectivity index (χ1v) is 6.31. The second-order valence-electron chi connectivity index (χ2n) is 4.24. The molecule has 5 N–H and O–H groups in total. The van der Waals surface area contributed by atoms with Crippen LogP contribution in [0.2, 0.25) is 0 Å². The van der Waals surface area contributed by atoms with Crippen molar-refractivity contribution in [3.05, 3.63) is 35.9 Å². The van der Waals surface area contributed by atoms with Gasteiger partial charge >= 0.3 is 12.0 Å². The van der Waals surface area contributed by atoms with E-state index >= 15 is 0 Å². The van der Waals surface area contributed by atoms with Crippen LogP contribution in [0.25, 0.3) is 6.08 Å². The zero-order valence-electron chi connectivity index (χ0n) is 11.3. The molecule has 0 aliphatic rings. The summed E-state index contributed by atoms with van der Waals surface area (Å²) in [7, 11) is 0. The number of anilines is 1. The maximum absolute atomic E-state index is 11.5. The van der Waals surface area contributed by atoms with Crippen LogP contribution < -0.4 is 16.4 Å². The number of primary amides is 1. The second kappa shape index (κ2) is 8.36. The monoisotopic (exact) mass is 291 g/mol. The zero-order valence-corrected chi connectivity index (χ0v) is 11.3. The molecule has 1 aromatic carbocycles. The average Bonchev–Trinajstić information content (AvgIpc) is 2.42. The molecule has 1 aromatic rings. The summed E-state index contributed by atoms with van der Waals surface area (Å²) in [6.07, 6.45) is 3.20. The summed E-state index contributed by atoms with van der Waals surface area (Å²) in [6, 6.07) is 6.30. The van der Waals surface area contributed by atoms with Crippen LogP contribution in [-0.4, -0.2) is 29.6 Å². The van der Waals surface area contributed by atoms with Crippen molar-refractivity contribution in [3.8, 4) is 0 Å². The Morgan fingerprint density at radius 2 is 1.86 bits per heavy atom. The van der Waals surface area contributed by atoms with Crippen LogP contribution >= 0.6 is 0 Å². The van der Waals surface area contributed by atoms with Crippen LogP contribution in [0.4, 0.5) is 10.5 Å². The average molecular weight is 291 g/mol. The molecule has 0 aliphatic heterocycles. The lowest BCUT2D eigenvalue weighted by Gasteiger charge is -2.07. The smallest absolute Gasteiger partial charge is 0.328 e. The van der Waals surface area contributed by atoms with Crippen molar-refractivity contribution in [2.45, 2.75) is 12.8 Å². The lowest BCUT2D eigenvalue weighted by atomic mass is 10.2. The van der Waals surface area contributed by atoms with E-state index in [-0.39, 0.29) is 12.5 Å². The van der Waals surface area contributed by atoms with Gasteiger partial charge in [0.15, 0.2) is 0 Å². The summed E-state index contributed by atoms with van der Waals surface area (Å²) >= 11 is 0. The highest BCUT2D eigenvalue weighted by atomic mass is 16.4. The number of carbonyl (C=O) groups excluding carboxylic acids is 2. The molecule has 0 atom stereocenters. The van der Waals surface area contributed by atoms with Crippen molar-refractivity contribution in [2.24, 2.45) is 5.73 Å². The van der Waals surface area contributed by atoms with E-state index in [2.05, 4.69) is 10.6 Å². The Hall–Kier alpha value is -2.83. The molecule has 0 heterocycles. The number of hydrogen-bond donors (Lipinski definition) is 4. The predicted octanol–water partition coefficient (Wildman–Crippen LogP) is 1.17. The molecule has 0 aliphatic carbocycles. The Morgan fingerprint density at radius 3 is 2.43 bits per heavy atom. The van der Waals surface area contributed by atoms with Crippen molar-refractivity contribution in [3.63, 3.8) is 0 Å². The van der Waals surface area contributed by atoms with Crippen LogP contribution in [0.5, 0.6) is 0 Å². The standard InChI is InChI=1S/C14H17N3O4/c15-12(18)2-1-9-16-14(21)17-11-6-3-10(4-7-11)5-8-13(19)20/h3-8H,1-2,9H2,(H2,15,18)(H,19,20)(H2,16,17,21). The van der Waals surface area contributed by atoms with Gasteiger partial charge in [-0.05, 0) is 30.2 Å². The number of urea groups is 1. The van der Waals surface area contributed by atoms with E-state index in [0.29, 0.717) is 24.2 Å². The van der Waals surface area contributed by atoms with Crippen molar-refractivity contribution in [1.29, 1.82) is 0 Å². The molecule has 0 spiro atoms. The number of amides is 3. The number of rotatable bonds is 7. The van der Waals surface area contributed by atoms with Crippen LogP contribution in [-0.2, 0) is 9.59 Å². The summed E-state index contributed by atoms with van der Waals surface area (Å²) < 4.78 is 0. The third-order valence-corrected chi connectivity index (χ3v) is 2.47. The number of aliphatic carboxylic acids is 1. The van der Waals surface area contributed by atoms with Gasteiger partial charge < -0.3 is 21.5 Å². The molecular weight excluding hydrogens is 274 g/mol. The van der Waals surface area contributed by atoms with Crippen LogP contribution in [0.3, 0.4) is 0 Å². The van der Waals surface area contributed by atoms with E-state index in [0.717, 1.165) is 6.08 Å². The lowest BCUT2D eigenvalue weighted by molar-refractivity contribution is -0.131. The van der Waals surface area contributed by atoms with Crippen LogP contribution in [0.1, 0.15) is 18.4 Å². The van der Waals surface area contributed by atoms with Gasteiger partial charge in [-0.3, -0.25) is 4.79 Å². The molecule has 0 unspecified atom stereocenters. The van der Waals surface area contributed by atoms with Gasteiger partial charge in [0.25, 0.3) is 0 Å². The van der Waals surface area contributed by atoms with Crippen molar-refractivity contribution in [2.75, 3.05) is 11.9 Å². The number of hydrogen-bond acceptors (Lipinski definition) is 3. The van der Waals surface area contributed by atoms with Gasteiger partial charge in [0, 0.05) is 24.7 Å². The van der Waals surface area contributed by atoms with Gasteiger partial charge in [-0.1, -0.05) is 12.1 Å². The Bertz CT molecular complexity index is 538. The molecule has 0 bridgehead atoms. The Labute approximate surface area is 121 Å². The fourth-order valence-corrected chi connectivity index (χ4v) is 1.48. The van der Waals surface area contributed by atoms with E-state index in [1.54, 1.807) is 24.3 Å². The Balaban J connectivity index is 2.39. The van der Waals surface area contributed by atoms with Gasteiger partial charge in [-0.2, -0.15) is 0 Å². The second-order valence-corrected chi connectivity index (χ2v) is 4.24. The van der Waals surface area contributed by atoms with E-state index in [4.69, 9.17) is 10.8 Å². The highest BCUT2D eigenvalue weighted by Gasteiger charge is 2.01. The highest BCUT2D eigenvalue weighted by Crippen LogP contribution is 2.10. The maximum atomic E-state index is 11.5. The Morgan fingerprint density at radius 1 is 1.19 bits per heavy atom. The van der Waals surface area contributed by atoms with Crippen molar-refractivity contribution < 1.29 is 19.5 Å². The minimum Gasteiger partial charge on any atom is -0.478 e. The van der Waals surface area contributed by atoms with E-state index < -0.39 is 11.9 Å². The van der Waals surface area contributed by atoms with Gasteiger partial charge in [0.05, 0.1) is 0 Å². The quantitative estimate of drug-likeness (QED) is 0.445. The fourth-order valence-electron chi connectivity index (χ4n) is 1.48. The molecule has 112 valence electrons. The van der Waals surface area contributed by atoms with E-state index in [1.807, 2.05) is 0 Å². The van der Waals surface area contributed by atoms with Crippen LogP contribution in [0, 0.1) is 0 Å². The number of nitrogens with one attached hydrogen (secondary N) is 2. The van der Waals surface area contributed by atoms with Crippen molar-refractivity contribution in [1.82, 2.24) is 5.32 Å². The summed E-state index contributed by atoms with van der Waals surface area (Å²) in [6.45, 7) is 0.355. The molecular formula is C14H17N3O4. The molecule has 3 amide bonds. The minimum atomic E-state index is -1.02. The van der Waals surface area contributed by atoms with Gasteiger partial charge in [0.1, 0.15) is 0 Å². The summed E-state index contributed by atoms with van der Waals surface area (Å²) in [5.41, 5.74) is 6.27. The summed E-state index contributed by atoms with van der Waals surface area (Å²) in [5, 5.41) is 13.7. The SMILES string of the molecule is NC(=O)CCCNC(=O)Nc1ccc(C=CC(=O)O)cc1. The third-order valence-electron chi connectivity index (χ3n) is 2.47. The summed E-state index contributed by atoms with van der Waals surface area (Å²) in [5.74, 6) is -1.42. The van der Waals surface area contributed by atoms with E-state index in [9.17, 15) is 14.4 Å². The maximum Gasteiger partial charge on any atom is 0.328 e.